The summed E-state index contributed by atoms with van der Waals surface area (Å²) in [6.45, 7) is 2.92. The first-order chi connectivity index (χ1) is 9.65. The molecular formula is C15H21N3OS. The standard InChI is InChI=1S/C15H21N3OS/c1-20(2)13-5-8-18-14(9-13)16-10-12(15(18)19)11-17-6-3-4-7-17/h5,8-10,20H,3-4,6-7,11H2,1-2H3. The number of aromatic nitrogens is 2. The quantitative estimate of drug-likeness (QED) is 0.878. The monoisotopic (exact) mass is 291 g/mol. The van der Waals surface area contributed by atoms with Gasteiger partial charge in [-0.1, -0.05) is 0 Å². The average molecular weight is 291 g/mol. The predicted octanol–water partition coefficient (Wildman–Crippen LogP) is 1.91. The van der Waals surface area contributed by atoms with E-state index in [2.05, 4.69) is 22.4 Å². The van der Waals surface area contributed by atoms with Crippen LogP contribution in [0.4, 0.5) is 0 Å². The summed E-state index contributed by atoms with van der Waals surface area (Å²) in [7, 11) is -0.161. The molecule has 0 aromatic carbocycles. The van der Waals surface area contributed by atoms with Gasteiger partial charge in [0.2, 0.25) is 0 Å². The second-order valence-corrected chi connectivity index (χ2v) is 7.88. The normalized spacial score (nSPS) is 16.8. The van der Waals surface area contributed by atoms with Gasteiger partial charge >= 0.3 is 0 Å². The van der Waals surface area contributed by atoms with Crippen molar-refractivity contribution in [2.45, 2.75) is 24.3 Å². The second kappa shape index (κ2) is 5.58. The molecule has 108 valence electrons. The summed E-state index contributed by atoms with van der Waals surface area (Å²) in [5.41, 5.74) is 1.63. The largest absolute Gasteiger partial charge is 0.299 e. The summed E-state index contributed by atoms with van der Waals surface area (Å²) in [6.07, 6.45) is 10.5. The number of likely N-dealkylation sites (tertiary alicyclic amines) is 1. The molecule has 0 N–H and O–H groups in total. The molecule has 0 spiro atoms. The molecule has 0 bridgehead atoms. The summed E-state index contributed by atoms with van der Waals surface area (Å²) < 4.78 is 1.67. The number of pyridine rings is 1. The highest BCUT2D eigenvalue weighted by atomic mass is 32.2. The number of rotatable bonds is 3. The highest BCUT2D eigenvalue weighted by Crippen LogP contribution is 2.27. The third-order valence-corrected chi connectivity index (χ3v) is 5.18. The summed E-state index contributed by atoms with van der Waals surface area (Å²) in [5, 5.41) is 0. The second-order valence-electron chi connectivity index (χ2n) is 5.58. The van der Waals surface area contributed by atoms with Crippen LogP contribution in [0.1, 0.15) is 18.4 Å². The van der Waals surface area contributed by atoms with E-state index >= 15 is 0 Å². The predicted molar refractivity (Wildman–Crippen MR) is 85.1 cm³/mol. The van der Waals surface area contributed by atoms with Crippen molar-refractivity contribution in [3.05, 3.63) is 40.4 Å². The molecule has 0 radical (unpaired) electrons. The number of hydrogen-bond donors (Lipinski definition) is 1. The third kappa shape index (κ3) is 2.60. The van der Waals surface area contributed by atoms with E-state index in [0.717, 1.165) is 30.8 Å². The number of nitrogens with zero attached hydrogens (tertiary/aromatic N) is 3. The van der Waals surface area contributed by atoms with Gasteiger partial charge in [-0.05, 0) is 55.5 Å². The van der Waals surface area contributed by atoms with Gasteiger partial charge in [-0.25, -0.2) is 15.9 Å². The van der Waals surface area contributed by atoms with Gasteiger partial charge in [-0.3, -0.25) is 14.1 Å². The molecule has 4 nitrogen and oxygen atoms in total. The van der Waals surface area contributed by atoms with E-state index < -0.39 is 0 Å². The first kappa shape index (κ1) is 13.6. The molecule has 3 rings (SSSR count). The summed E-state index contributed by atoms with van der Waals surface area (Å²) in [5.74, 6) is 0. The number of hydrogen-bond acceptors (Lipinski definition) is 3. The van der Waals surface area contributed by atoms with Gasteiger partial charge in [0.15, 0.2) is 0 Å². The molecule has 2 aromatic rings. The van der Waals surface area contributed by atoms with E-state index in [1.807, 2.05) is 18.3 Å². The molecular weight excluding hydrogens is 270 g/mol. The van der Waals surface area contributed by atoms with E-state index in [9.17, 15) is 4.79 Å². The van der Waals surface area contributed by atoms with E-state index in [0.29, 0.717) is 0 Å². The van der Waals surface area contributed by atoms with E-state index in [4.69, 9.17) is 0 Å². The molecule has 2 aromatic heterocycles. The van der Waals surface area contributed by atoms with Gasteiger partial charge in [-0.15, -0.1) is 0 Å². The summed E-state index contributed by atoms with van der Waals surface area (Å²) >= 11 is 0. The molecule has 20 heavy (non-hydrogen) atoms. The number of thiol groups is 1. The molecule has 0 amide bonds. The molecule has 0 atom stereocenters. The molecule has 3 heterocycles. The van der Waals surface area contributed by atoms with Crippen LogP contribution in [0.15, 0.2) is 34.2 Å². The van der Waals surface area contributed by atoms with Crippen LogP contribution in [-0.4, -0.2) is 39.9 Å². The first-order valence-electron chi connectivity index (χ1n) is 7.05. The molecule has 1 aliphatic heterocycles. The van der Waals surface area contributed by atoms with Crippen molar-refractivity contribution >= 4 is 16.5 Å². The lowest BCUT2D eigenvalue weighted by molar-refractivity contribution is 0.329. The Hall–Kier alpha value is -1.33. The Kier molecular flexibility index (Phi) is 3.81. The fourth-order valence-corrected chi connectivity index (χ4v) is 3.41. The average Bonchev–Trinajstić information content (AvgIpc) is 2.94. The van der Waals surface area contributed by atoms with Gasteiger partial charge in [-0.2, -0.15) is 0 Å². The van der Waals surface area contributed by atoms with E-state index in [1.54, 1.807) is 10.6 Å². The maximum Gasteiger partial charge on any atom is 0.262 e. The minimum atomic E-state index is -0.161. The van der Waals surface area contributed by atoms with Crippen molar-refractivity contribution in [1.29, 1.82) is 0 Å². The Morgan fingerprint density at radius 3 is 2.75 bits per heavy atom. The fourth-order valence-electron chi connectivity index (χ4n) is 2.67. The van der Waals surface area contributed by atoms with E-state index in [-0.39, 0.29) is 16.5 Å². The lowest BCUT2D eigenvalue weighted by Crippen LogP contribution is -2.26. The van der Waals surface area contributed by atoms with Crippen LogP contribution in [-0.2, 0) is 6.54 Å². The highest BCUT2D eigenvalue weighted by Gasteiger charge is 2.14. The van der Waals surface area contributed by atoms with Gasteiger partial charge in [0.1, 0.15) is 5.65 Å². The van der Waals surface area contributed by atoms with Crippen molar-refractivity contribution < 1.29 is 0 Å². The molecule has 5 heteroatoms. The molecule has 1 fully saturated rings. The van der Waals surface area contributed by atoms with E-state index in [1.165, 1.54) is 17.7 Å². The minimum absolute atomic E-state index is 0.0741. The fraction of sp³-hybridized carbons (Fsp3) is 0.467. The molecule has 0 unspecified atom stereocenters. The van der Waals surface area contributed by atoms with Crippen molar-refractivity contribution in [2.75, 3.05) is 25.6 Å². The Balaban J connectivity index is 1.98. The van der Waals surface area contributed by atoms with Crippen LogP contribution in [0.5, 0.6) is 0 Å². The first-order valence-corrected chi connectivity index (χ1v) is 9.29. The third-order valence-electron chi connectivity index (χ3n) is 3.87. The van der Waals surface area contributed by atoms with Crippen LogP contribution >= 0.6 is 10.9 Å². The van der Waals surface area contributed by atoms with Crippen molar-refractivity contribution in [2.24, 2.45) is 0 Å². The van der Waals surface area contributed by atoms with Crippen LogP contribution in [0.2, 0.25) is 0 Å². The van der Waals surface area contributed by atoms with Crippen molar-refractivity contribution in [3.8, 4) is 0 Å². The van der Waals surface area contributed by atoms with Gasteiger partial charge in [0.25, 0.3) is 5.56 Å². The Morgan fingerprint density at radius 1 is 1.30 bits per heavy atom. The van der Waals surface area contributed by atoms with Gasteiger partial charge in [0.05, 0.1) is 5.56 Å². The lowest BCUT2D eigenvalue weighted by atomic mass is 10.3. The molecule has 0 aliphatic carbocycles. The zero-order chi connectivity index (χ0) is 14.1. The smallest absolute Gasteiger partial charge is 0.262 e. The van der Waals surface area contributed by atoms with Crippen molar-refractivity contribution in [3.63, 3.8) is 0 Å². The zero-order valence-corrected chi connectivity index (χ0v) is 12.9. The Labute approximate surface area is 121 Å². The Bertz CT molecular complexity index is 674. The maximum atomic E-state index is 12.5. The topological polar surface area (TPSA) is 37.6 Å². The minimum Gasteiger partial charge on any atom is -0.299 e. The summed E-state index contributed by atoms with van der Waals surface area (Å²) in [6, 6.07) is 4.08. The van der Waals surface area contributed by atoms with Gasteiger partial charge < -0.3 is 0 Å². The van der Waals surface area contributed by atoms with Crippen LogP contribution < -0.4 is 5.56 Å². The number of fused-ring (bicyclic) bond motifs is 1. The maximum absolute atomic E-state index is 12.5. The summed E-state index contributed by atoms with van der Waals surface area (Å²) in [4.78, 5) is 20.6. The molecule has 1 aliphatic rings. The SMILES string of the molecule is C[SH](C)c1ccn2c(=O)c(CN3CCCC3)cnc2c1. The van der Waals surface area contributed by atoms with Crippen LogP contribution in [0.25, 0.3) is 5.65 Å². The zero-order valence-electron chi connectivity index (χ0n) is 12.0. The van der Waals surface area contributed by atoms with Crippen LogP contribution in [0, 0.1) is 0 Å². The lowest BCUT2D eigenvalue weighted by Gasteiger charge is -2.15. The molecule has 0 saturated carbocycles. The van der Waals surface area contributed by atoms with Gasteiger partial charge in [0, 0.05) is 18.9 Å². The van der Waals surface area contributed by atoms with Crippen molar-refractivity contribution in [1.82, 2.24) is 14.3 Å². The Morgan fingerprint density at radius 2 is 2.05 bits per heavy atom. The molecule has 1 saturated heterocycles. The highest BCUT2D eigenvalue weighted by molar-refractivity contribution is 8.15. The van der Waals surface area contributed by atoms with Crippen LogP contribution in [0.3, 0.4) is 0 Å².